The predicted octanol–water partition coefficient (Wildman–Crippen LogP) is 3.60. The van der Waals surface area contributed by atoms with Gasteiger partial charge in [-0.25, -0.2) is 0 Å². The van der Waals surface area contributed by atoms with Gasteiger partial charge in [0.05, 0.1) is 11.1 Å². The number of nitrogens with zero attached hydrogens (tertiary/aromatic N) is 2. The summed E-state index contributed by atoms with van der Waals surface area (Å²) in [5.41, 5.74) is 0.925. The van der Waals surface area contributed by atoms with Crippen LogP contribution in [0.25, 0.3) is 0 Å². The molecule has 0 spiro atoms. The molecule has 2 aliphatic rings. The molecule has 0 aliphatic carbocycles. The van der Waals surface area contributed by atoms with Gasteiger partial charge in [-0.1, -0.05) is 19.1 Å². The molecule has 1 aromatic carbocycles. The van der Waals surface area contributed by atoms with Gasteiger partial charge in [0.1, 0.15) is 6.17 Å². The van der Waals surface area contributed by atoms with E-state index in [1.165, 1.54) is 12.1 Å². The molecule has 1 fully saturated rings. The summed E-state index contributed by atoms with van der Waals surface area (Å²) >= 11 is 0. The summed E-state index contributed by atoms with van der Waals surface area (Å²) in [6.45, 7) is 10.2. The molecule has 0 radical (unpaired) electrons. The zero-order valence-electron chi connectivity index (χ0n) is 16.2. The van der Waals surface area contributed by atoms with Crippen LogP contribution in [0.5, 0.6) is 0 Å². The third kappa shape index (κ3) is 4.89. The molecule has 2 N–H and O–H groups in total. The van der Waals surface area contributed by atoms with Crippen LogP contribution in [0.2, 0.25) is 0 Å². The summed E-state index contributed by atoms with van der Waals surface area (Å²) in [6.07, 6.45) is -2.33. The van der Waals surface area contributed by atoms with Crippen LogP contribution in [-0.4, -0.2) is 48.4 Å². The van der Waals surface area contributed by atoms with E-state index in [1.807, 2.05) is 0 Å². The van der Waals surface area contributed by atoms with E-state index in [4.69, 9.17) is 4.99 Å². The molecule has 2 aliphatic heterocycles. The van der Waals surface area contributed by atoms with Gasteiger partial charge in [0, 0.05) is 31.4 Å². The van der Waals surface area contributed by atoms with E-state index < -0.39 is 11.7 Å². The first-order valence-corrected chi connectivity index (χ1v) is 9.67. The van der Waals surface area contributed by atoms with Crippen molar-refractivity contribution < 1.29 is 13.2 Å². The number of alkyl halides is 3. The van der Waals surface area contributed by atoms with Crippen molar-refractivity contribution in [2.24, 2.45) is 4.99 Å². The molecule has 1 aromatic rings. The van der Waals surface area contributed by atoms with Gasteiger partial charge in [-0.3, -0.25) is 15.2 Å². The van der Waals surface area contributed by atoms with Gasteiger partial charge in [0.25, 0.3) is 0 Å². The highest BCUT2D eigenvalue weighted by Gasteiger charge is 2.36. The minimum atomic E-state index is -4.31. The van der Waals surface area contributed by atoms with Crippen LogP contribution < -0.4 is 10.6 Å². The second-order valence-electron chi connectivity index (χ2n) is 7.98. The fourth-order valence-electron chi connectivity index (χ4n) is 3.82. The SMILES string of the molecule is CCNC1CCN(CC2=NC(c3ccc(C(F)(F)F)cc3)NC2(C)C)CC1. The topological polar surface area (TPSA) is 39.7 Å². The van der Waals surface area contributed by atoms with Crippen molar-refractivity contribution in [2.75, 3.05) is 26.2 Å². The quantitative estimate of drug-likeness (QED) is 0.817. The molecule has 7 heteroatoms. The Morgan fingerprint density at radius 1 is 1.19 bits per heavy atom. The van der Waals surface area contributed by atoms with Crippen LogP contribution in [-0.2, 0) is 6.18 Å². The molecule has 0 amide bonds. The first-order chi connectivity index (χ1) is 12.7. The van der Waals surface area contributed by atoms with Gasteiger partial charge in [-0.2, -0.15) is 13.2 Å². The maximum atomic E-state index is 12.8. The molecule has 0 aromatic heterocycles. The summed E-state index contributed by atoms with van der Waals surface area (Å²) in [7, 11) is 0. The fraction of sp³-hybridized carbons (Fsp3) is 0.650. The third-order valence-electron chi connectivity index (χ3n) is 5.51. The largest absolute Gasteiger partial charge is 0.416 e. The smallest absolute Gasteiger partial charge is 0.314 e. The average Bonchev–Trinajstić information content (AvgIpc) is 2.91. The van der Waals surface area contributed by atoms with Crippen LogP contribution in [0.15, 0.2) is 29.3 Å². The lowest BCUT2D eigenvalue weighted by Gasteiger charge is -2.34. The molecule has 150 valence electrons. The molecule has 1 atom stereocenters. The lowest BCUT2D eigenvalue weighted by atomic mass is 9.97. The standard InChI is InChI=1S/C20H29F3N4/c1-4-24-16-9-11-27(12-10-16)13-17-19(2,3)26-18(25-17)14-5-7-15(8-6-14)20(21,22)23/h5-8,16,18,24,26H,4,9-13H2,1-3H3. The summed E-state index contributed by atoms with van der Waals surface area (Å²) in [6, 6.07) is 5.89. The van der Waals surface area contributed by atoms with Gasteiger partial charge in [0.15, 0.2) is 0 Å². The first-order valence-electron chi connectivity index (χ1n) is 9.67. The molecule has 0 saturated carbocycles. The third-order valence-corrected chi connectivity index (χ3v) is 5.51. The van der Waals surface area contributed by atoms with Gasteiger partial charge >= 0.3 is 6.18 Å². The highest BCUT2D eigenvalue weighted by molar-refractivity contribution is 5.96. The van der Waals surface area contributed by atoms with Crippen LogP contribution in [0.4, 0.5) is 13.2 Å². The number of aliphatic imine (C=N–C) groups is 1. The summed E-state index contributed by atoms with van der Waals surface area (Å²) in [4.78, 5) is 7.24. The first kappa shape index (κ1) is 20.3. The predicted molar refractivity (Wildman–Crippen MR) is 102 cm³/mol. The Bertz CT molecular complexity index is 659. The lowest BCUT2D eigenvalue weighted by Crippen LogP contribution is -2.49. The molecule has 1 saturated heterocycles. The maximum Gasteiger partial charge on any atom is 0.416 e. The van der Waals surface area contributed by atoms with Crippen LogP contribution in [0, 0.1) is 0 Å². The average molecular weight is 382 g/mol. The Morgan fingerprint density at radius 3 is 2.37 bits per heavy atom. The monoisotopic (exact) mass is 382 g/mol. The van der Waals surface area contributed by atoms with Crippen molar-refractivity contribution in [3.8, 4) is 0 Å². The summed E-state index contributed by atoms with van der Waals surface area (Å²) in [5.74, 6) is 0. The van der Waals surface area contributed by atoms with E-state index in [0.717, 1.165) is 62.4 Å². The highest BCUT2D eigenvalue weighted by atomic mass is 19.4. The lowest BCUT2D eigenvalue weighted by molar-refractivity contribution is -0.137. The van der Waals surface area contributed by atoms with Crippen LogP contribution in [0.1, 0.15) is 50.9 Å². The Morgan fingerprint density at radius 2 is 1.81 bits per heavy atom. The number of hydrogen-bond donors (Lipinski definition) is 2. The highest BCUT2D eigenvalue weighted by Crippen LogP contribution is 2.32. The number of piperidine rings is 1. The second-order valence-corrected chi connectivity index (χ2v) is 7.98. The molecule has 27 heavy (non-hydrogen) atoms. The molecular weight excluding hydrogens is 353 g/mol. The zero-order chi connectivity index (χ0) is 19.7. The number of halogens is 3. The Hall–Kier alpha value is -1.44. The van der Waals surface area contributed by atoms with E-state index in [2.05, 4.69) is 36.3 Å². The van der Waals surface area contributed by atoms with Crippen LogP contribution in [0.3, 0.4) is 0 Å². The fourth-order valence-corrected chi connectivity index (χ4v) is 3.82. The van der Waals surface area contributed by atoms with Crippen LogP contribution >= 0.6 is 0 Å². The van der Waals surface area contributed by atoms with Gasteiger partial charge in [0.2, 0.25) is 0 Å². The van der Waals surface area contributed by atoms with Crippen molar-refractivity contribution in [3.05, 3.63) is 35.4 Å². The van der Waals surface area contributed by atoms with Crippen molar-refractivity contribution in [1.82, 2.24) is 15.5 Å². The minimum absolute atomic E-state index is 0.272. The Balaban J connectivity index is 1.65. The Labute approximate surface area is 159 Å². The Kier molecular flexibility index (Phi) is 5.93. The number of nitrogens with one attached hydrogen (secondary N) is 2. The van der Waals surface area contributed by atoms with E-state index in [-0.39, 0.29) is 11.7 Å². The van der Waals surface area contributed by atoms with E-state index in [1.54, 1.807) is 0 Å². The van der Waals surface area contributed by atoms with Crippen molar-refractivity contribution in [3.63, 3.8) is 0 Å². The minimum Gasteiger partial charge on any atom is -0.314 e. The normalized spacial score (nSPS) is 24.2. The molecule has 4 nitrogen and oxygen atoms in total. The van der Waals surface area contributed by atoms with Crippen molar-refractivity contribution in [2.45, 2.75) is 57.5 Å². The van der Waals surface area contributed by atoms with Crippen molar-refractivity contribution >= 4 is 5.71 Å². The summed E-state index contributed by atoms with van der Waals surface area (Å²) in [5, 5.41) is 6.96. The molecular formula is C20H29F3N4. The molecule has 2 heterocycles. The molecule has 3 rings (SSSR count). The molecule has 0 bridgehead atoms. The number of rotatable bonds is 5. The number of benzene rings is 1. The number of hydrogen-bond acceptors (Lipinski definition) is 4. The zero-order valence-corrected chi connectivity index (χ0v) is 16.2. The maximum absolute atomic E-state index is 12.8. The summed E-state index contributed by atoms with van der Waals surface area (Å²) < 4.78 is 38.3. The molecule has 1 unspecified atom stereocenters. The van der Waals surface area contributed by atoms with Gasteiger partial charge in [-0.15, -0.1) is 0 Å². The van der Waals surface area contributed by atoms with E-state index in [9.17, 15) is 13.2 Å². The van der Waals surface area contributed by atoms with Crippen molar-refractivity contribution in [1.29, 1.82) is 0 Å². The number of likely N-dealkylation sites (tertiary alicyclic amines) is 1. The second kappa shape index (κ2) is 7.89. The van der Waals surface area contributed by atoms with E-state index >= 15 is 0 Å². The van der Waals surface area contributed by atoms with Gasteiger partial charge in [-0.05, 0) is 50.9 Å². The van der Waals surface area contributed by atoms with E-state index in [0.29, 0.717) is 6.04 Å². The van der Waals surface area contributed by atoms with Gasteiger partial charge < -0.3 is 5.32 Å².